The predicted molar refractivity (Wildman–Crippen MR) is 85.6 cm³/mol. The van der Waals surface area contributed by atoms with E-state index in [4.69, 9.17) is 4.42 Å². The minimum absolute atomic E-state index is 0.130. The second kappa shape index (κ2) is 6.31. The van der Waals surface area contributed by atoms with Crippen molar-refractivity contribution < 1.29 is 14.3 Å². The molecular weight excluding hydrogens is 296 g/mol. The van der Waals surface area contributed by atoms with Crippen molar-refractivity contribution in [3.63, 3.8) is 0 Å². The van der Waals surface area contributed by atoms with Gasteiger partial charge in [0.05, 0.1) is 18.1 Å². The predicted octanol–water partition coefficient (Wildman–Crippen LogP) is 1.11. The number of aliphatic imine (C=N–C) groups is 1. The average molecular weight is 320 g/mol. The number of hydrogen-bond acceptors (Lipinski definition) is 5. The Kier molecular flexibility index (Phi) is 4.39. The summed E-state index contributed by atoms with van der Waals surface area (Å²) in [5.74, 6) is 1.27. The number of piperidine rings is 1. The van der Waals surface area contributed by atoms with E-state index in [1.54, 1.807) is 18.3 Å². The highest BCUT2D eigenvalue weighted by atomic mass is 16.4. The molecule has 0 radical (unpaired) electrons. The minimum Gasteiger partial charge on any atom is -0.435 e. The van der Waals surface area contributed by atoms with Crippen molar-refractivity contribution in [2.45, 2.75) is 37.2 Å². The number of aliphatic hydroxyl groups is 1. The molecule has 1 aliphatic heterocycles. The molecule has 3 rings (SSSR count). The van der Waals surface area contributed by atoms with Crippen LogP contribution in [0.3, 0.4) is 0 Å². The molecule has 7 heteroatoms. The summed E-state index contributed by atoms with van der Waals surface area (Å²) in [4.78, 5) is 24.2. The fourth-order valence-electron chi connectivity index (χ4n) is 3.05. The zero-order valence-corrected chi connectivity index (χ0v) is 13.7. The fourth-order valence-corrected chi connectivity index (χ4v) is 3.05. The number of oxazole rings is 1. The van der Waals surface area contributed by atoms with Crippen LogP contribution < -0.4 is 0 Å². The number of amides is 1. The second-order valence-corrected chi connectivity index (χ2v) is 6.64. The van der Waals surface area contributed by atoms with Crippen LogP contribution in [-0.4, -0.2) is 71.5 Å². The van der Waals surface area contributed by atoms with Crippen molar-refractivity contribution in [1.82, 2.24) is 14.8 Å². The van der Waals surface area contributed by atoms with Crippen LogP contribution in [0.4, 0.5) is 0 Å². The number of likely N-dealkylation sites (N-methyl/N-ethyl adjacent to an activating group) is 1. The van der Waals surface area contributed by atoms with Gasteiger partial charge in [0.2, 0.25) is 5.76 Å². The van der Waals surface area contributed by atoms with E-state index < -0.39 is 5.60 Å². The average Bonchev–Trinajstić information content (AvgIpc) is 3.24. The Balaban J connectivity index is 1.56. The SMILES string of the molecule is C/N=C\N(C)CC1(O)CCN(C(=O)c2cnc(C3CC3)o2)CC1. The lowest BCUT2D eigenvalue weighted by Crippen LogP contribution is -2.51. The van der Waals surface area contributed by atoms with Crippen LogP contribution in [0, 0.1) is 0 Å². The molecule has 126 valence electrons. The first kappa shape index (κ1) is 16.0. The Hall–Kier alpha value is -1.89. The molecular formula is C16H24N4O3. The molecule has 1 aromatic heterocycles. The Labute approximate surface area is 136 Å². The molecule has 0 spiro atoms. The number of hydrogen-bond donors (Lipinski definition) is 1. The summed E-state index contributed by atoms with van der Waals surface area (Å²) in [5.41, 5.74) is -0.784. The summed E-state index contributed by atoms with van der Waals surface area (Å²) in [5, 5.41) is 10.6. The van der Waals surface area contributed by atoms with Gasteiger partial charge in [-0.15, -0.1) is 0 Å². The molecule has 1 amide bonds. The first-order valence-corrected chi connectivity index (χ1v) is 8.11. The molecule has 7 nitrogen and oxygen atoms in total. The highest BCUT2D eigenvalue weighted by molar-refractivity contribution is 5.91. The third-order valence-electron chi connectivity index (χ3n) is 4.50. The third kappa shape index (κ3) is 3.72. The Morgan fingerprint density at radius 1 is 1.57 bits per heavy atom. The molecule has 1 aliphatic carbocycles. The minimum atomic E-state index is -0.784. The molecule has 2 aliphatic rings. The monoisotopic (exact) mass is 320 g/mol. The van der Waals surface area contributed by atoms with Crippen molar-refractivity contribution in [3.8, 4) is 0 Å². The normalized spacial score (nSPS) is 20.9. The Bertz CT molecular complexity index is 586. The smallest absolute Gasteiger partial charge is 0.291 e. The molecule has 1 saturated heterocycles. The first-order chi connectivity index (χ1) is 11.0. The second-order valence-electron chi connectivity index (χ2n) is 6.64. The zero-order chi connectivity index (χ0) is 16.4. The number of carbonyl (C=O) groups is 1. The van der Waals surface area contributed by atoms with Gasteiger partial charge < -0.3 is 19.3 Å². The lowest BCUT2D eigenvalue weighted by molar-refractivity contribution is -0.0269. The number of rotatable bonds is 5. The van der Waals surface area contributed by atoms with E-state index in [2.05, 4.69) is 9.98 Å². The molecule has 2 fully saturated rings. The van der Waals surface area contributed by atoms with Crippen LogP contribution in [0.5, 0.6) is 0 Å². The van der Waals surface area contributed by atoms with E-state index >= 15 is 0 Å². The van der Waals surface area contributed by atoms with Crippen molar-refractivity contribution in [1.29, 1.82) is 0 Å². The van der Waals surface area contributed by atoms with Crippen LogP contribution in [0.1, 0.15) is 48.0 Å². The summed E-state index contributed by atoms with van der Waals surface area (Å²) in [6.07, 6.45) is 6.51. The summed E-state index contributed by atoms with van der Waals surface area (Å²) >= 11 is 0. The molecule has 0 aromatic carbocycles. The zero-order valence-electron chi connectivity index (χ0n) is 13.7. The van der Waals surface area contributed by atoms with E-state index in [9.17, 15) is 9.90 Å². The van der Waals surface area contributed by atoms with Gasteiger partial charge >= 0.3 is 0 Å². The summed E-state index contributed by atoms with van der Waals surface area (Å²) in [7, 11) is 3.59. The quantitative estimate of drug-likeness (QED) is 0.649. The molecule has 1 saturated carbocycles. The number of nitrogens with zero attached hydrogens (tertiary/aromatic N) is 4. The van der Waals surface area contributed by atoms with Crippen LogP contribution in [-0.2, 0) is 0 Å². The van der Waals surface area contributed by atoms with Crippen molar-refractivity contribution in [2.24, 2.45) is 4.99 Å². The topological polar surface area (TPSA) is 82.2 Å². The molecule has 23 heavy (non-hydrogen) atoms. The largest absolute Gasteiger partial charge is 0.435 e. The highest BCUT2D eigenvalue weighted by Crippen LogP contribution is 2.39. The Morgan fingerprint density at radius 2 is 2.26 bits per heavy atom. The number of carbonyl (C=O) groups excluding carboxylic acids is 1. The first-order valence-electron chi connectivity index (χ1n) is 8.11. The van der Waals surface area contributed by atoms with Gasteiger partial charge in [0.15, 0.2) is 5.89 Å². The molecule has 0 bridgehead atoms. The van der Waals surface area contributed by atoms with Gasteiger partial charge in [0, 0.05) is 39.6 Å². The molecule has 1 N–H and O–H groups in total. The van der Waals surface area contributed by atoms with Crippen LogP contribution >= 0.6 is 0 Å². The number of likely N-dealkylation sites (tertiary alicyclic amines) is 1. The van der Waals surface area contributed by atoms with E-state index in [-0.39, 0.29) is 5.91 Å². The molecule has 1 aromatic rings. The van der Waals surface area contributed by atoms with Crippen molar-refractivity contribution in [3.05, 3.63) is 17.8 Å². The van der Waals surface area contributed by atoms with Gasteiger partial charge in [0.25, 0.3) is 5.91 Å². The van der Waals surface area contributed by atoms with Gasteiger partial charge in [-0.05, 0) is 25.7 Å². The van der Waals surface area contributed by atoms with Crippen LogP contribution in [0.2, 0.25) is 0 Å². The summed E-state index contributed by atoms with van der Waals surface area (Å²) < 4.78 is 5.58. The number of aromatic nitrogens is 1. The maximum atomic E-state index is 12.5. The van der Waals surface area contributed by atoms with Crippen molar-refractivity contribution in [2.75, 3.05) is 33.7 Å². The van der Waals surface area contributed by atoms with E-state index in [1.807, 2.05) is 11.9 Å². The third-order valence-corrected chi connectivity index (χ3v) is 4.50. The van der Waals surface area contributed by atoms with Gasteiger partial charge in [-0.3, -0.25) is 9.79 Å². The molecule has 0 atom stereocenters. The summed E-state index contributed by atoms with van der Waals surface area (Å²) in [6, 6.07) is 0. The van der Waals surface area contributed by atoms with E-state index in [1.165, 1.54) is 6.20 Å². The van der Waals surface area contributed by atoms with E-state index in [0.717, 1.165) is 12.8 Å². The molecule has 0 unspecified atom stereocenters. The lowest BCUT2D eigenvalue weighted by Gasteiger charge is -2.39. The van der Waals surface area contributed by atoms with Crippen LogP contribution in [0.25, 0.3) is 0 Å². The van der Waals surface area contributed by atoms with E-state index in [0.29, 0.717) is 50.0 Å². The van der Waals surface area contributed by atoms with Gasteiger partial charge in [0.1, 0.15) is 0 Å². The van der Waals surface area contributed by atoms with Crippen LogP contribution in [0.15, 0.2) is 15.6 Å². The maximum absolute atomic E-state index is 12.5. The molecule has 2 heterocycles. The highest BCUT2D eigenvalue weighted by Gasteiger charge is 2.36. The summed E-state index contributed by atoms with van der Waals surface area (Å²) in [6.45, 7) is 1.55. The van der Waals surface area contributed by atoms with Crippen molar-refractivity contribution >= 4 is 12.2 Å². The standard InChI is InChI=1S/C16H24N4O3/c1-17-11-19(2)10-16(22)5-7-20(8-6-16)15(21)13-9-18-14(23-13)12-3-4-12/h9,11-12,22H,3-8,10H2,1-2H3/b17-11-. The Morgan fingerprint density at radius 3 is 2.87 bits per heavy atom. The maximum Gasteiger partial charge on any atom is 0.291 e. The lowest BCUT2D eigenvalue weighted by atomic mass is 9.91. The van der Waals surface area contributed by atoms with Gasteiger partial charge in [-0.1, -0.05) is 0 Å². The van der Waals surface area contributed by atoms with Gasteiger partial charge in [-0.2, -0.15) is 0 Å². The fraction of sp³-hybridized carbons (Fsp3) is 0.688. The van der Waals surface area contributed by atoms with Gasteiger partial charge in [-0.25, -0.2) is 4.98 Å².